The number of rotatable bonds is 4. The Labute approximate surface area is 90.9 Å². The summed E-state index contributed by atoms with van der Waals surface area (Å²) in [5, 5.41) is 8.77. The Kier molecular flexibility index (Phi) is 3.41. The number of hydrogen-bond donors (Lipinski definition) is 2. The lowest BCUT2D eigenvalue weighted by Gasteiger charge is -2.05. The lowest BCUT2D eigenvalue weighted by molar-refractivity contribution is 0.287. The van der Waals surface area contributed by atoms with Gasteiger partial charge in [-0.1, -0.05) is 12.8 Å². The van der Waals surface area contributed by atoms with E-state index in [9.17, 15) is 0 Å². The van der Waals surface area contributed by atoms with Crippen LogP contribution in [-0.2, 0) is 6.42 Å². The van der Waals surface area contributed by atoms with Crippen LogP contribution in [0.2, 0.25) is 0 Å². The van der Waals surface area contributed by atoms with Crippen molar-refractivity contribution in [2.75, 3.05) is 6.61 Å². The highest BCUT2D eigenvalue weighted by Gasteiger charge is 2.21. The summed E-state index contributed by atoms with van der Waals surface area (Å²) < 4.78 is 0. The molecule has 1 heterocycles. The summed E-state index contributed by atoms with van der Waals surface area (Å²) in [6, 6.07) is 0. The van der Waals surface area contributed by atoms with E-state index in [0.717, 1.165) is 18.7 Å². The summed E-state index contributed by atoms with van der Waals surface area (Å²) in [7, 11) is 0. The first-order chi connectivity index (χ1) is 7.31. The van der Waals surface area contributed by atoms with Gasteiger partial charge in [-0.3, -0.25) is 0 Å². The van der Waals surface area contributed by atoms with Crippen LogP contribution in [0.4, 0.5) is 0 Å². The van der Waals surface area contributed by atoms with Crippen molar-refractivity contribution in [3.63, 3.8) is 0 Å². The van der Waals surface area contributed by atoms with E-state index in [0.29, 0.717) is 5.92 Å². The maximum Gasteiger partial charge on any atom is 0.106 e. The number of aromatic nitrogens is 2. The smallest absolute Gasteiger partial charge is 0.106 e. The van der Waals surface area contributed by atoms with Crippen LogP contribution in [0.15, 0.2) is 0 Å². The summed E-state index contributed by atoms with van der Waals surface area (Å²) in [6.07, 6.45) is 6.96. The van der Waals surface area contributed by atoms with Gasteiger partial charge in [0.15, 0.2) is 0 Å². The van der Waals surface area contributed by atoms with Gasteiger partial charge in [0.25, 0.3) is 0 Å². The Morgan fingerprint density at radius 2 is 2.13 bits per heavy atom. The van der Waals surface area contributed by atoms with Gasteiger partial charge in [0, 0.05) is 24.6 Å². The van der Waals surface area contributed by atoms with Crippen LogP contribution in [0.5, 0.6) is 0 Å². The molecule has 2 N–H and O–H groups in total. The number of aryl methyl sites for hydroxylation is 2. The molecule has 0 bridgehead atoms. The van der Waals surface area contributed by atoms with E-state index in [2.05, 4.69) is 16.9 Å². The third kappa shape index (κ3) is 2.40. The number of nitrogens with one attached hydrogen (secondary N) is 1. The highest BCUT2D eigenvalue weighted by molar-refractivity contribution is 5.18. The van der Waals surface area contributed by atoms with Crippen LogP contribution in [0.25, 0.3) is 0 Å². The normalized spacial score (nSPS) is 17.5. The Morgan fingerprint density at radius 3 is 2.80 bits per heavy atom. The number of nitrogens with zero attached hydrogens (tertiary/aromatic N) is 1. The van der Waals surface area contributed by atoms with E-state index in [1.54, 1.807) is 0 Å². The first-order valence-electron chi connectivity index (χ1n) is 5.97. The standard InChI is InChI=1S/C12H20N2O/c1-9-12(10-5-2-3-6-10)14-11(13-9)7-4-8-15/h10,15H,2-8H2,1H3,(H,13,14). The molecule has 84 valence electrons. The molecule has 0 aliphatic heterocycles. The maximum atomic E-state index is 8.77. The van der Waals surface area contributed by atoms with Gasteiger partial charge in [-0.05, 0) is 26.2 Å². The van der Waals surface area contributed by atoms with Crippen LogP contribution in [0, 0.1) is 6.92 Å². The average Bonchev–Trinajstić information content (AvgIpc) is 2.83. The number of H-pyrrole nitrogens is 1. The zero-order valence-corrected chi connectivity index (χ0v) is 9.42. The molecule has 0 aromatic carbocycles. The fourth-order valence-corrected chi connectivity index (χ4v) is 2.50. The molecule has 0 unspecified atom stereocenters. The highest BCUT2D eigenvalue weighted by atomic mass is 16.2. The Balaban J connectivity index is 2.06. The van der Waals surface area contributed by atoms with E-state index < -0.39 is 0 Å². The van der Waals surface area contributed by atoms with Crippen molar-refractivity contribution in [1.29, 1.82) is 0 Å². The van der Waals surface area contributed by atoms with Crippen LogP contribution in [-0.4, -0.2) is 21.7 Å². The molecule has 0 amide bonds. The molecule has 1 aromatic rings. The zero-order chi connectivity index (χ0) is 10.7. The van der Waals surface area contributed by atoms with E-state index in [1.807, 2.05) is 0 Å². The van der Waals surface area contributed by atoms with Gasteiger partial charge in [-0.15, -0.1) is 0 Å². The molecule has 1 fully saturated rings. The van der Waals surface area contributed by atoms with Crippen molar-refractivity contribution >= 4 is 0 Å². The van der Waals surface area contributed by atoms with Crippen molar-refractivity contribution in [2.24, 2.45) is 0 Å². The van der Waals surface area contributed by atoms with Gasteiger partial charge in [0.2, 0.25) is 0 Å². The molecule has 15 heavy (non-hydrogen) atoms. The number of imidazole rings is 1. The second kappa shape index (κ2) is 4.79. The van der Waals surface area contributed by atoms with Crippen molar-refractivity contribution in [3.05, 3.63) is 17.2 Å². The molecule has 0 spiro atoms. The van der Waals surface area contributed by atoms with Crippen LogP contribution in [0.3, 0.4) is 0 Å². The minimum atomic E-state index is 0.249. The van der Waals surface area contributed by atoms with E-state index in [1.165, 1.54) is 37.1 Å². The van der Waals surface area contributed by atoms with Gasteiger partial charge in [0.1, 0.15) is 5.82 Å². The second-order valence-electron chi connectivity index (χ2n) is 4.50. The summed E-state index contributed by atoms with van der Waals surface area (Å²) in [5.74, 6) is 1.73. The molecular weight excluding hydrogens is 188 g/mol. The van der Waals surface area contributed by atoms with Crippen LogP contribution < -0.4 is 0 Å². The Bertz CT molecular complexity index is 313. The zero-order valence-electron chi connectivity index (χ0n) is 9.42. The topological polar surface area (TPSA) is 48.9 Å². The average molecular weight is 208 g/mol. The summed E-state index contributed by atoms with van der Waals surface area (Å²) >= 11 is 0. The first kappa shape index (κ1) is 10.7. The molecule has 1 aliphatic carbocycles. The summed E-state index contributed by atoms with van der Waals surface area (Å²) in [5.41, 5.74) is 2.51. The fourth-order valence-electron chi connectivity index (χ4n) is 2.50. The monoisotopic (exact) mass is 208 g/mol. The lowest BCUT2D eigenvalue weighted by Crippen LogP contribution is -1.96. The van der Waals surface area contributed by atoms with E-state index in [-0.39, 0.29) is 6.61 Å². The molecule has 3 heteroatoms. The third-order valence-electron chi connectivity index (χ3n) is 3.28. The Hall–Kier alpha value is -0.830. The summed E-state index contributed by atoms with van der Waals surface area (Å²) in [6.45, 7) is 2.36. The predicted octanol–water partition coefficient (Wildman–Crippen LogP) is 2.30. The van der Waals surface area contributed by atoms with Crippen molar-refractivity contribution in [2.45, 2.75) is 51.4 Å². The minimum Gasteiger partial charge on any atom is -0.396 e. The van der Waals surface area contributed by atoms with E-state index >= 15 is 0 Å². The van der Waals surface area contributed by atoms with Gasteiger partial charge < -0.3 is 10.1 Å². The van der Waals surface area contributed by atoms with Crippen molar-refractivity contribution < 1.29 is 5.11 Å². The minimum absolute atomic E-state index is 0.249. The quantitative estimate of drug-likeness (QED) is 0.797. The summed E-state index contributed by atoms with van der Waals surface area (Å²) in [4.78, 5) is 8.00. The Morgan fingerprint density at radius 1 is 1.40 bits per heavy atom. The molecule has 0 atom stereocenters. The maximum absolute atomic E-state index is 8.77. The largest absolute Gasteiger partial charge is 0.396 e. The van der Waals surface area contributed by atoms with Gasteiger partial charge >= 0.3 is 0 Å². The van der Waals surface area contributed by atoms with Crippen LogP contribution >= 0.6 is 0 Å². The molecular formula is C12H20N2O. The van der Waals surface area contributed by atoms with Gasteiger partial charge in [-0.2, -0.15) is 0 Å². The van der Waals surface area contributed by atoms with Crippen molar-refractivity contribution in [1.82, 2.24) is 9.97 Å². The van der Waals surface area contributed by atoms with Gasteiger partial charge in [-0.25, -0.2) is 4.98 Å². The first-order valence-corrected chi connectivity index (χ1v) is 5.97. The molecule has 1 saturated carbocycles. The van der Waals surface area contributed by atoms with Gasteiger partial charge in [0.05, 0.1) is 5.69 Å². The highest BCUT2D eigenvalue weighted by Crippen LogP contribution is 2.34. The van der Waals surface area contributed by atoms with Crippen LogP contribution in [0.1, 0.15) is 55.2 Å². The predicted molar refractivity (Wildman–Crippen MR) is 59.9 cm³/mol. The molecule has 2 rings (SSSR count). The van der Waals surface area contributed by atoms with E-state index in [4.69, 9.17) is 5.11 Å². The molecule has 0 radical (unpaired) electrons. The number of hydrogen-bond acceptors (Lipinski definition) is 2. The second-order valence-corrected chi connectivity index (χ2v) is 4.50. The SMILES string of the molecule is Cc1[nH]c(CCCO)nc1C1CCCC1. The molecule has 0 saturated heterocycles. The van der Waals surface area contributed by atoms with Crippen molar-refractivity contribution in [3.8, 4) is 0 Å². The number of aliphatic hydroxyl groups is 1. The molecule has 1 aromatic heterocycles. The molecule has 1 aliphatic rings. The number of aliphatic hydroxyl groups excluding tert-OH is 1. The third-order valence-corrected chi connectivity index (χ3v) is 3.28. The molecule has 3 nitrogen and oxygen atoms in total. The number of aromatic amines is 1. The fraction of sp³-hybridized carbons (Fsp3) is 0.750. The lowest BCUT2D eigenvalue weighted by atomic mass is 10.0.